The van der Waals surface area contributed by atoms with Crippen molar-refractivity contribution in [1.29, 1.82) is 0 Å². The van der Waals surface area contributed by atoms with Crippen molar-refractivity contribution in [3.63, 3.8) is 0 Å². The maximum absolute atomic E-state index is 11.3. The van der Waals surface area contributed by atoms with Gasteiger partial charge in [-0.1, -0.05) is 17.8 Å². The van der Waals surface area contributed by atoms with E-state index < -0.39 is 0 Å². The van der Waals surface area contributed by atoms with Crippen molar-refractivity contribution in [2.75, 3.05) is 5.43 Å². The molecule has 0 fully saturated rings. The Kier molecular flexibility index (Phi) is 3.96. The van der Waals surface area contributed by atoms with Gasteiger partial charge in [0, 0.05) is 29.3 Å². The molecule has 94 valence electrons. The fraction of sp³-hybridized carbons (Fsp3) is 0.182. The maximum atomic E-state index is 11.3. The number of hydrogen-bond acceptors (Lipinski definition) is 6. The Labute approximate surface area is 108 Å². The Morgan fingerprint density at radius 1 is 1.56 bits per heavy atom. The van der Waals surface area contributed by atoms with Gasteiger partial charge in [0.25, 0.3) is 5.56 Å². The largest absolute Gasteiger partial charge is 0.308 e. The second-order valence-electron chi connectivity index (χ2n) is 3.64. The van der Waals surface area contributed by atoms with Crippen LogP contribution in [0.1, 0.15) is 11.3 Å². The average Bonchev–Trinajstić information content (AvgIpc) is 2.35. The van der Waals surface area contributed by atoms with Crippen LogP contribution in [-0.2, 0) is 5.75 Å². The fourth-order valence-electron chi connectivity index (χ4n) is 1.45. The van der Waals surface area contributed by atoms with Gasteiger partial charge in [0.05, 0.1) is 0 Å². The monoisotopic (exact) mass is 263 g/mol. The van der Waals surface area contributed by atoms with Gasteiger partial charge in [-0.05, 0) is 13.0 Å². The first-order valence-corrected chi connectivity index (χ1v) is 6.29. The highest BCUT2D eigenvalue weighted by Crippen LogP contribution is 2.21. The lowest BCUT2D eigenvalue weighted by atomic mass is 10.3. The summed E-state index contributed by atoms with van der Waals surface area (Å²) in [6, 6.07) is 5.22. The Morgan fingerprint density at radius 2 is 2.39 bits per heavy atom. The Hall–Kier alpha value is -1.86. The zero-order chi connectivity index (χ0) is 13.0. The van der Waals surface area contributed by atoms with Crippen LogP contribution in [0.15, 0.2) is 34.3 Å². The van der Waals surface area contributed by atoms with Crippen molar-refractivity contribution in [3.8, 4) is 0 Å². The highest BCUT2D eigenvalue weighted by atomic mass is 32.2. The van der Waals surface area contributed by atoms with E-state index >= 15 is 0 Å². The molecule has 2 heterocycles. The molecule has 4 N–H and O–H groups in total. The van der Waals surface area contributed by atoms with Gasteiger partial charge in [-0.25, -0.2) is 15.8 Å². The number of hydrazine groups is 1. The molecule has 0 atom stereocenters. The van der Waals surface area contributed by atoms with E-state index in [0.29, 0.717) is 22.4 Å². The van der Waals surface area contributed by atoms with Crippen LogP contribution in [0.4, 0.5) is 5.82 Å². The number of pyridine rings is 1. The first-order valence-electron chi connectivity index (χ1n) is 5.30. The molecule has 0 aliphatic heterocycles. The maximum Gasteiger partial charge on any atom is 0.251 e. The molecule has 6 nitrogen and oxygen atoms in total. The molecule has 0 aliphatic carbocycles. The molecule has 0 radical (unpaired) electrons. The Morgan fingerprint density at radius 3 is 3.11 bits per heavy atom. The van der Waals surface area contributed by atoms with Crippen LogP contribution in [0.2, 0.25) is 0 Å². The lowest BCUT2D eigenvalue weighted by Crippen LogP contribution is -2.11. The summed E-state index contributed by atoms with van der Waals surface area (Å²) in [7, 11) is 0. The van der Waals surface area contributed by atoms with Gasteiger partial charge < -0.3 is 10.4 Å². The standard InChI is InChI=1S/C11H13N5OS/c1-7-5-9(17)15-11(14-7)18-6-8-3-2-4-13-10(8)16-12/h2-5H,6,12H2,1H3,(H,13,16)(H,14,15,17). The number of anilines is 1. The molecule has 2 aromatic rings. The molecule has 18 heavy (non-hydrogen) atoms. The van der Waals surface area contributed by atoms with E-state index in [-0.39, 0.29) is 5.56 Å². The van der Waals surface area contributed by atoms with E-state index in [9.17, 15) is 4.79 Å². The normalized spacial score (nSPS) is 10.3. The van der Waals surface area contributed by atoms with Gasteiger partial charge >= 0.3 is 0 Å². The third-order valence-electron chi connectivity index (χ3n) is 2.24. The predicted molar refractivity (Wildman–Crippen MR) is 71.2 cm³/mol. The Balaban J connectivity index is 2.13. The van der Waals surface area contributed by atoms with E-state index in [1.165, 1.54) is 17.8 Å². The lowest BCUT2D eigenvalue weighted by Gasteiger charge is -2.06. The second-order valence-corrected chi connectivity index (χ2v) is 4.60. The van der Waals surface area contributed by atoms with Gasteiger partial charge in [-0.2, -0.15) is 0 Å². The topological polar surface area (TPSA) is 96.7 Å². The molecule has 0 aromatic carbocycles. The van der Waals surface area contributed by atoms with Crippen LogP contribution in [0.5, 0.6) is 0 Å². The first-order chi connectivity index (χ1) is 8.69. The molecule has 0 spiro atoms. The van der Waals surface area contributed by atoms with Crippen LogP contribution >= 0.6 is 11.8 Å². The van der Waals surface area contributed by atoms with Crippen molar-refractivity contribution in [3.05, 3.63) is 46.0 Å². The number of aromatic amines is 1. The number of thioether (sulfide) groups is 1. The number of nitrogens with two attached hydrogens (primary N) is 1. The third-order valence-corrected chi connectivity index (χ3v) is 3.16. The Bertz CT molecular complexity index is 598. The summed E-state index contributed by atoms with van der Waals surface area (Å²) in [6.07, 6.45) is 1.66. The molecule has 0 saturated heterocycles. The summed E-state index contributed by atoms with van der Waals surface area (Å²) in [4.78, 5) is 22.3. The zero-order valence-electron chi connectivity index (χ0n) is 9.80. The summed E-state index contributed by atoms with van der Waals surface area (Å²) in [5.74, 6) is 6.62. The minimum atomic E-state index is -0.145. The molecule has 7 heteroatoms. The first kappa shape index (κ1) is 12.6. The van der Waals surface area contributed by atoms with Gasteiger partial charge in [0.2, 0.25) is 0 Å². The number of nitrogen functional groups attached to an aromatic ring is 1. The van der Waals surface area contributed by atoms with Gasteiger partial charge in [0.15, 0.2) is 5.16 Å². The molecular formula is C11H13N5OS. The lowest BCUT2D eigenvalue weighted by molar-refractivity contribution is 0.905. The number of aryl methyl sites for hydroxylation is 1. The van der Waals surface area contributed by atoms with Crippen molar-refractivity contribution >= 4 is 17.6 Å². The highest BCUT2D eigenvalue weighted by Gasteiger charge is 2.04. The van der Waals surface area contributed by atoms with Gasteiger partial charge in [-0.15, -0.1) is 0 Å². The quantitative estimate of drug-likeness (QED) is 0.330. The number of H-pyrrole nitrogens is 1. The molecular weight excluding hydrogens is 250 g/mol. The summed E-state index contributed by atoms with van der Waals surface area (Å²) in [5.41, 5.74) is 4.04. The van der Waals surface area contributed by atoms with Crippen molar-refractivity contribution in [2.45, 2.75) is 17.8 Å². The molecule has 0 amide bonds. The van der Waals surface area contributed by atoms with E-state index in [2.05, 4.69) is 20.4 Å². The number of nitrogens with zero attached hydrogens (tertiary/aromatic N) is 2. The SMILES string of the molecule is Cc1cc(=O)[nH]c(SCc2cccnc2NN)n1. The molecule has 2 rings (SSSR count). The smallest absolute Gasteiger partial charge is 0.251 e. The third kappa shape index (κ3) is 3.08. The van der Waals surface area contributed by atoms with E-state index in [4.69, 9.17) is 5.84 Å². The minimum Gasteiger partial charge on any atom is -0.308 e. The molecule has 0 aliphatic rings. The van der Waals surface area contributed by atoms with E-state index in [0.717, 1.165) is 5.56 Å². The molecule has 0 unspecified atom stereocenters. The van der Waals surface area contributed by atoms with Crippen molar-refractivity contribution in [1.82, 2.24) is 15.0 Å². The highest BCUT2D eigenvalue weighted by molar-refractivity contribution is 7.98. The minimum absolute atomic E-state index is 0.145. The van der Waals surface area contributed by atoms with Crippen LogP contribution in [0, 0.1) is 6.92 Å². The van der Waals surface area contributed by atoms with Crippen LogP contribution in [0.3, 0.4) is 0 Å². The van der Waals surface area contributed by atoms with Crippen molar-refractivity contribution < 1.29 is 0 Å². The van der Waals surface area contributed by atoms with Crippen LogP contribution in [-0.4, -0.2) is 15.0 Å². The van der Waals surface area contributed by atoms with Crippen LogP contribution in [0.25, 0.3) is 0 Å². The number of nitrogens with one attached hydrogen (secondary N) is 2. The van der Waals surface area contributed by atoms with E-state index in [1.807, 2.05) is 12.1 Å². The van der Waals surface area contributed by atoms with Crippen LogP contribution < -0.4 is 16.8 Å². The summed E-state index contributed by atoms with van der Waals surface area (Å²) in [6.45, 7) is 1.79. The number of aromatic nitrogens is 3. The summed E-state index contributed by atoms with van der Waals surface area (Å²) < 4.78 is 0. The average molecular weight is 263 g/mol. The summed E-state index contributed by atoms with van der Waals surface area (Å²) >= 11 is 1.43. The van der Waals surface area contributed by atoms with E-state index in [1.54, 1.807) is 13.1 Å². The number of hydrogen-bond donors (Lipinski definition) is 3. The second kappa shape index (κ2) is 5.65. The fourth-order valence-corrected chi connectivity index (χ4v) is 2.36. The molecule has 0 saturated carbocycles. The number of rotatable bonds is 4. The van der Waals surface area contributed by atoms with Gasteiger partial charge in [-0.3, -0.25) is 4.79 Å². The summed E-state index contributed by atoms with van der Waals surface area (Å²) in [5, 5.41) is 0.590. The molecule has 2 aromatic heterocycles. The zero-order valence-corrected chi connectivity index (χ0v) is 10.6. The van der Waals surface area contributed by atoms with Gasteiger partial charge in [0.1, 0.15) is 5.82 Å². The predicted octanol–water partition coefficient (Wildman–Crippen LogP) is 1.05. The molecule has 0 bridgehead atoms. The van der Waals surface area contributed by atoms with Crippen molar-refractivity contribution in [2.24, 2.45) is 5.84 Å².